The lowest BCUT2D eigenvalue weighted by Gasteiger charge is -2.05. The molecule has 1 unspecified atom stereocenters. The van der Waals surface area contributed by atoms with E-state index in [9.17, 15) is 15.2 Å². The third kappa shape index (κ3) is 1.73. The van der Waals surface area contributed by atoms with Crippen molar-refractivity contribution in [1.82, 2.24) is 0 Å². The van der Waals surface area contributed by atoms with Gasteiger partial charge >= 0.3 is 5.69 Å². The highest BCUT2D eigenvalue weighted by atomic mass is 127. The van der Waals surface area contributed by atoms with Gasteiger partial charge in [-0.25, -0.2) is 0 Å². The zero-order valence-electron chi connectivity index (χ0n) is 7.64. The Kier molecular flexibility index (Phi) is 2.68. The van der Waals surface area contributed by atoms with Crippen LogP contribution >= 0.6 is 22.6 Å². The summed E-state index contributed by atoms with van der Waals surface area (Å²) in [6, 6.07) is 3.01. The standard InChI is InChI=1S/C9H8INO4/c10-4-6-3-5-1-2-7(12)8(11(13)14)9(5)15-6/h1-2,6,12H,3-4H2. The predicted octanol–water partition coefficient (Wildman–Crippen LogP) is 2.04. The van der Waals surface area contributed by atoms with E-state index in [1.807, 2.05) is 0 Å². The van der Waals surface area contributed by atoms with Gasteiger partial charge in [0.1, 0.15) is 6.10 Å². The number of halogens is 1. The largest absolute Gasteiger partial charge is 0.502 e. The molecule has 0 aromatic heterocycles. The Balaban J connectivity index is 2.50. The lowest BCUT2D eigenvalue weighted by Crippen LogP contribution is -2.13. The highest BCUT2D eigenvalue weighted by Crippen LogP contribution is 2.43. The molecule has 80 valence electrons. The summed E-state index contributed by atoms with van der Waals surface area (Å²) in [6.07, 6.45) is 0.639. The van der Waals surface area contributed by atoms with E-state index in [2.05, 4.69) is 22.6 Å². The highest BCUT2D eigenvalue weighted by Gasteiger charge is 2.32. The van der Waals surface area contributed by atoms with Crippen LogP contribution in [-0.2, 0) is 6.42 Å². The maximum absolute atomic E-state index is 10.7. The van der Waals surface area contributed by atoms with Crippen LogP contribution in [0.4, 0.5) is 5.69 Å². The average Bonchev–Trinajstić information content (AvgIpc) is 2.59. The van der Waals surface area contributed by atoms with Gasteiger partial charge in [0.15, 0.2) is 5.75 Å². The Bertz CT molecular complexity index is 421. The molecule has 1 aliphatic heterocycles. The Morgan fingerprint density at radius 3 is 3.00 bits per heavy atom. The number of ether oxygens (including phenoxy) is 1. The number of aromatic hydroxyl groups is 1. The maximum Gasteiger partial charge on any atom is 0.352 e. The summed E-state index contributed by atoms with van der Waals surface area (Å²) >= 11 is 2.17. The lowest BCUT2D eigenvalue weighted by atomic mass is 10.1. The molecule has 0 fully saturated rings. The summed E-state index contributed by atoms with van der Waals surface area (Å²) in [6.45, 7) is 0. The summed E-state index contributed by atoms with van der Waals surface area (Å²) in [7, 11) is 0. The Morgan fingerprint density at radius 1 is 1.67 bits per heavy atom. The Morgan fingerprint density at radius 2 is 2.40 bits per heavy atom. The normalized spacial score (nSPS) is 18.3. The second-order valence-corrected chi connectivity index (χ2v) is 4.16. The van der Waals surface area contributed by atoms with Gasteiger partial charge in [-0.15, -0.1) is 0 Å². The molecular formula is C9H8INO4. The number of phenols is 1. The number of hydrogen-bond donors (Lipinski definition) is 1. The molecule has 1 atom stereocenters. The van der Waals surface area contributed by atoms with E-state index in [4.69, 9.17) is 4.74 Å². The molecule has 1 aromatic carbocycles. The minimum absolute atomic E-state index is 0.0268. The fraction of sp³-hybridized carbons (Fsp3) is 0.333. The number of rotatable bonds is 2. The number of alkyl halides is 1. The van der Waals surface area contributed by atoms with Gasteiger partial charge in [-0.05, 0) is 6.07 Å². The highest BCUT2D eigenvalue weighted by molar-refractivity contribution is 14.1. The van der Waals surface area contributed by atoms with E-state index in [0.29, 0.717) is 6.42 Å². The molecule has 0 amide bonds. The van der Waals surface area contributed by atoms with Gasteiger partial charge in [-0.1, -0.05) is 28.7 Å². The van der Waals surface area contributed by atoms with Crippen molar-refractivity contribution in [2.45, 2.75) is 12.5 Å². The van der Waals surface area contributed by atoms with E-state index in [0.717, 1.165) is 9.99 Å². The van der Waals surface area contributed by atoms with E-state index in [1.54, 1.807) is 6.07 Å². The van der Waals surface area contributed by atoms with Crippen molar-refractivity contribution in [2.75, 3.05) is 4.43 Å². The minimum atomic E-state index is -0.607. The smallest absolute Gasteiger partial charge is 0.352 e. The molecule has 0 saturated carbocycles. The first-order valence-corrected chi connectivity index (χ1v) is 5.88. The topological polar surface area (TPSA) is 72.6 Å². The van der Waals surface area contributed by atoms with Crippen molar-refractivity contribution < 1.29 is 14.8 Å². The molecule has 0 spiro atoms. The second kappa shape index (κ2) is 3.84. The third-order valence-corrected chi connectivity index (χ3v) is 3.26. The molecule has 0 bridgehead atoms. The van der Waals surface area contributed by atoms with Crippen molar-refractivity contribution in [1.29, 1.82) is 0 Å². The first-order chi connectivity index (χ1) is 7.13. The predicted molar refractivity (Wildman–Crippen MR) is 61.8 cm³/mol. The number of nitro benzene ring substituents is 1. The number of nitro groups is 1. The van der Waals surface area contributed by atoms with Crippen molar-refractivity contribution in [2.24, 2.45) is 0 Å². The first kappa shape index (κ1) is 10.5. The zero-order chi connectivity index (χ0) is 11.0. The van der Waals surface area contributed by atoms with Crippen LogP contribution < -0.4 is 4.74 Å². The quantitative estimate of drug-likeness (QED) is 0.392. The van der Waals surface area contributed by atoms with Crippen LogP contribution in [0, 0.1) is 10.1 Å². The van der Waals surface area contributed by atoms with Gasteiger partial charge in [0.05, 0.1) is 4.92 Å². The molecule has 15 heavy (non-hydrogen) atoms. The van der Waals surface area contributed by atoms with Gasteiger partial charge in [-0.3, -0.25) is 10.1 Å². The number of hydrogen-bond acceptors (Lipinski definition) is 4. The van der Waals surface area contributed by atoms with Crippen LogP contribution in [-0.4, -0.2) is 20.6 Å². The molecule has 1 heterocycles. The van der Waals surface area contributed by atoms with E-state index >= 15 is 0 Å². The SMILES string of the molecule is O=[N+]([O-])c1c(O)ccc2c1OC(CI)C2. The zero-order valence-corrected chi connectivity index (χ0v) is 9.80. The van der Waals surface area contributed by atoms with Crippen LogP contribution in [0.15, 0.2) is 12.1 Å². The summed E-state index contributed by atoms with van der Waals surface area (Å²) < 4.78 is 6.19. The summed E-state index contributed by atoms with van der Waals surface area (Å²) in [5.74, 6) is -0.116. The average molecular weight is 321 g/mol. The van der Waals surface area contributed by atoms with Crippen molar-refractivity contribution >= 4 is 28.3 Å². The summed E-state index contributed by atoms with van der Waals surface area (Å²) in [4.78, 5) is 10.1. The third-order valence-electron chi connectivity index (χ3n) is 2.28. The van der Waals surface area contributed by atoms with Crippen LogP contribution in [0.25, 0.3) is 0 Å². The molecule has 1 N–H and O–H groups in total. The van der Waals surface area contributed by atoms with E-state index in [-0.39, 0.29) is 23.3 Å². The van der Waals surface area contributed by atoms with Crippen LogP contribution in [0.3, 0.4) is 0 Å². The molecule has 6 heteroatoms. The van der Waals surface area contributed by atoms with Crippen LogP contribution in [0.1, 0.15) is 5.56 Å². The molecule has 1 aliphatic rings. The van der Waals surface area contributed by atoms with Gasteiger partial charge in [0, 0.05) is 16.4 Å². The Hall–Kier alpha value is -1.05. The van der Waals surface area contributed by atoms with Gasteiger partial charge in [-0.2, -0.15) is 0 Å². The van der Waals surface area contributed by atoms with Crippen molar-refractivity contribution in [3.63, 3.8) is 0 Å². The summed E-state index contributed by atoms with van der Waals surface area (Å²) in [5, 5.41) is 20.1. The molecule has 0 saturated heterocycles. The van der Waals surface area contributed by atoms with Gasteiger partial charge in [0.2, 0.25) is 5.75 Å². The Labute approximate surface area is 99.3 Å². The summed E-state index contributed by atoms with van der Waals surface area (Å²) in [5.41, 5.74) is 0.473. The van der Waals surface area contributed by atoms with E-state index in [1.165, 1.54) is 6.07 Å². The monoisotopic (exact) mass is 321 g/mol. The van der Waals surface area contributed by atoms with Crippen LogP contribution in [0.2, 0.25) is 0 Å². The number of fused-ring (bicyclic) bond motifs is 1. The van der Waals surface area contributed by atoms with Crippen molar-refractivity contribution in [3.8, 4) is 11.5 Å². The van der Waals surface area contributed by atoms with Gasteiger partial charge < -0.3 is 9.84 Å². The number of phenolic OH excluding ortho intramolecular Hbond substituents is 1. The molecule has 1 aromatic rings. The fourth-order valence-electron chi connectivity index (χ4n) is 1.61. The van der Waals surface area contributed by atoms with Gasteiger partial charge in [0.25, 0.3) is 0 Å². The molecule has 5 nitrogen and oxygen atoms in total. The molecule has 2 rings (SSSR count). The second-order valence-electron chi connectivity index (χ2n) is 3.28. The van der Waals surface area contributed by atoms with Crippen molar-refractivity contribution in [3.05, 3.63) is 27.8 Å². The van der Waals surface area contributed by atoms with Crippen LogP contribution in [0.5, 0.6) is 11.5 Å². The maximum atomic E-state index is 10.7. The number of benzene rings is 1. The molecule has 0 radical (unpaired) electrons. The fourth-order valence-corrected chi connectivity index (χ4v) is 2.10. The lowest BCUT2D eigenvalue weighted by molar-refractivity contribution is -0.386. The molecule has 0 aliphatic carbocycles. The number of nitrogens with zero attached hydrogens (tertiary/aromatic N) is 1. The first-order valence-electron chi connectivity index (χ1n) is 4.35. The minimum Gasteiger partial charge on any atom is -0.502 e. The van der Waals surface area contributed by atoms with E-state index < -0.39 is 4.92 Å². The molecular weight excluding hydrogens is 313 g/mol.